The van der Waals surface area contributed by atoms with E-state index in [9.17, 15) is 4.79 Å². The summed E-state index contributed by atoms with van der Waals surface area (Å²) in [5, 5.41) is 3.84. The average Bonchev–Trinajstić information content (AvgIpc) is 2.58. The van der Waals surface area contributed by atoms with Crippen molar-refractivity contribution in [3.63, 3.8) is 0 Å². The third-order valence-electron chi connectivity index (χ3n) is 4.68. The first-order chi connectivity index (χ1) is 11.6. The quantitative estimate of drug-likeness (QED) is 0.552. The third-order valence-corrected chi connectivity index (χ3v) is 5.91. The third kappa shape index (κ3) is 6.32. The minimum atomic E-state index is -0.0647. The Bertz CT molecular complexity index is 538. The van der Waals surface area contributed by atoms with Crippen molar-refractivity contribution in [3.8, 4) is 0 Å². The Hall–Kier alpha value is -1.27. The molecule has 3 N–H and O–H groups in total. The van der Waals surface area contributed by atoms with E-state index in [1.807, 2.05) is 18.2 Å². The highest BCUT2D eigenvalue weighted by Crippen LogP contribution is 2.29. The molecule has 0 heterocycles. The molecular formula is C18H27N3OS2. The van der Waals surface area contributed by atoms with Crippen LogP contribution in [0.1, 0.15) is 38.7 Å². The molecule has 0 bridgehead atoms. The number of benzene rings is 1. The van der Waals surface area contributed by atoms with Gasteiger partial charge in [-0.15, -0.1) is 11.8 Å². The topological polar surface area (TPSA) is 53.2 Å². The van der Waals surface area contributed by atoms with Gasteiger partial charge >= 0.3 is 0 Å². The molecule has 6 heteroatoms. The Morgan fingerprint density at radius 2 is 1.96 bits per heavy atom. The van der Waals surface area contributed by atoms with E-state index in [0.717, 1.165) is 12.2 Å². The van der Waals surface area contributed by atoms with Crippen molar-refractivity contribution in [1.82, 2.24) is 16.2 Å². The maximum Gasteiger partial charge on any atom is 0.248 e. The Kier molecular flexibility index (Phi) is 7.85. The first kappa shape index (κ1) is 19.1. The predicted molar refractivity (Wildman–Crippen MR) is 106 cm³/mol. The molecule has 0 saturated heterocycles. The van der Waals surface area contributed by atoms with E-state index >= 15 is 0 Å². The second-order valence-electron chi connectivity index (χ2n) is 6.50. The summed E-state index contributed by atoms with van der Waals surface area (Å²) in [7, 11) is 0. The summed E-state index contributed by atoms with van der Waals surface area (Å²) in [5.41, 5.74) is 6.72. The Labute approximate surface area is 154 Å². The van der Waals surface area contributed by atoms with Crippen LogP contribution in [0.5, 0.6) is 0 Å². The van der Waals surface area contributed by atoms with Crippen molar-refractivity contribution in [1.29, 1.82) is 0 Å². The lowest BCUT2D eigenvalue weighted by Crippen LogP contribution is -2.52. The molecule has 3 atom stereocenters. The first-order valence-electron chi connectivity index (χ1n) is 8.53. The molecule has 0 aromatic heterocycles. The van der Waals surface area contributed by atoms with Gasteiger partial charge in [0.15, 0.2) is 5.11 Å². The highest BCUT2D eigenvalue weighted by atomic mass is 32.2. The molecule has 0 aliphatic heterocycles. The van der Waals surface area contributed by atoms with Crippen molar-refractivity contribution in [2.24, 2.45) is 11.8 Å². The van der Waals surface area contributed by atoms with Crippen LogP contribution in [0.3, 0.4) is 0 Å². The van der Waals surface area contributed by atoms with E-state index < -0.39 is 0 Å². The molecule has 1 saturated carbocycles. The Morgan fingerprint density at radius 3 is 2.71 bits per heavy atom. The zero-order valence-electron chi connectivity index (χ0n) is 14.4. The summed E-state index contributed by atoms with van der Waals surface area (Å²) in [6, 6.07) is 10.5. The van der Waals surface area contributed by atoms with Crippen molar-refractivity contribution in [2.45, 2.75) is 44.9 Å². The number of hydrogen-bond donors (Lipinski definition) is 3. The second-order valence-corrected chi connectivity index (χ2v) is 7.89. The zero-order chi connectivity index (χ0) is 17.4. The molecule has 2 rings (SSSR count). The van der Waals surface area contributed by atoms with Gasteiger partial charge in [0.05, 0.1) is 5.75 Å². The van der Waals surface area contributed by atoms with Gasteiger partial charge in [-0.3, -0.25) is 15.6 Å². The van der Waals surface area contributed by atoms with Crippen LogP contribution in [0, 0.1) is 11.8 Å². The first-order valence-corrected chi connectivity index (χ1v) is 10.1. The predicted octanol–water partition coefficient (Wildman–Crippen LogP) is 3.24. The summed E-state index contributed by atoms with van der Waals surface area (Å²) < 4.78 is 0. The number of nitrogens with one attached hydrogen (secondary N) is 3. The van der Waals surface area contributed by atoms with Gasteiger partial charge in [-0.25, -0.2) is 0 Å². The smallest absolute Gasteiger partial charge is 0.248 e. The van der Waals surface area contributed by atoms with Gasteiger partial charge in [0.25, 0.3) is 0 Å². The van der Waals surface area contributed by atoms with Crippen LogP contribution >= 0.6 is 24.0 Å². The van der Waals surface area contributed by atoms with E-state index in [2.05, 4.69) is 42.1 Å². The fourth-order valence-electron chi connectivity index (χ4n) is 2.99. The van der Waals surface area contributed by atoms with E-state index in [1.165, 1.54) is 18.4 Å². The molecule has 4 nitrogen and oxygen atoms in total. The lowest BCUT2D eigenvalue weighted by atomic mass is 9.78. The van der Waals surface area contributed by atoms with Crippen LogP contribution in [-0.2, 0) is 10.5 Å². The highest BCUT2D eigenvalue weighted by molar-refractivity contribution is 7.99. The molecule has 1 aliphatic rings. The molecule has 1 amide bonds. The van der Waals surface area contributed by atoms with Crippen LogP contribution in [0.2, 0.25) is 0 Å². The van der Waals surface area contributed by atoms with E-state index in [-0.39, 0.29) is 5.91 Å². The van der Waals surface area contributed by atoms with Gasteiger partial charge in [0.1, 0.15) is 0 Å². The monoisotopic (exact) mass is 365 g/mol. The van der Waals surface area contributed by atoms with Crippen molar-refractivity contribution < 1.29 is 4.79 Å². The van der Waals surface area contributed by atoms with Gasteiger partial charge in [0, 0.05) is 11.8 Å². The summed E-state index contributed by atoms with van der Waals surface area (Å²) in [6.45, 7) is 4.56. The average molecular weight is 366 g/mol. The van der Waals surface area contributed by atoms with Gasteiger partial charge < -0.3 is 5.32 Å². The number of hydrogen-bond acceptors (Lipinski definition) is 3. The summed E-state index contributed by atoms with van der Waals surface area (Å²) >= 11 is 6.88. The summed E-state index contributed by atoms with van der Waals surface area (Å²) in [4.78, 5) is 11.9. The number of thioether (sulfide) groups is 1. The van der Waals surface area contributed by atoms with Gasteiger partial charge in [-0.2, -0.15) is 0 Å². The number of carbonyl (C=O) groups is 1. The SMILES string of the molecule is C[C@@H]1[C@H](C)CCC[C@@H]1NC(=S)NNC(=O)CSCc1ccccc1. The standard InChI is InChI=1S/C18H27N3OS2/c1-13-7-6-10-16(14(13)2)19-18(23)21-20-17(22)12-24-11-15-8-4-3-5-9-15/h3-5,8-9,13-14,16H,6-7,10-12H2,1-2H3,(H,20,22)(H2,19,21,23)/t13-,14-,16+/m1/s1. The van der Waals surface area contributed by atoms with Crippen molar-refractivity contribution >= 4 is 35.0 Å². The van der Waals surface area contributed by atoms with Crippen LogP contribution < -0.4 is 16.2 Å². The lowest BCUT2D eigenvalue weighted by Gasteiger charge is -2.35. The van der Waals surface area contributed by atoms with Crippen molar-refractivity contribution in [2.75, 3.05) is 5.75 Å². The molecule has 0 spiro atoms. The Morgan fingerprint density at radius 1 is 1.21 bits per heavy atom. The minimum Gasteiger partial charge on any atom is -0.358 e. The maximum absolute atomic E-state index is 11.9. The molecule has 1 fully saturated rings. The number of amides is 1. The summed E-state index contributed by atoms with van der Waals surface area (Å²) in [5.74, 6) is 2.47. The van der Waals surface area contributed by atoms with E-state index in [4.69, 9.17) is 12.2 Å². The highest BCUT2D eigenvalue weighted by Gasteiger charge is 2.27. The molecule has 24 heavy (non-hydrogen) atoms. The molecule has 1 aromatic rings. The molecule has 0 radical (unpaired) electrons. The van der Waals surface area contributed by atoms with Crippen LogP contribution in [0.4, 0.5) is 0 Å². The van der Waals surface area contributed by atoms with Crippen LogP contribution in [-0.4, -0.2) is 22.8 Å². The molecule has 0 unspecified atom stereocenters. The zero-order valence-corrected chi connectivity index (χ0v) is 16.0. The van der Waals surface area contributed by atoms with Gasteiger partial charge in [-0.1, -0.05) is 57.0 Å². The molecule has 132 valence electrons. The number of carbonyl (C=O) groups excluding carboxylic acids is 1. The van der Waals surface area contributed by atoms with Gasteiger partial charge in [-0.05, 0) is 36.0 Å². The van der Waals surface area contributed by atoms with Crippen LogP contribution in [0.15, 0.2) is 30.3 Å². The number of hydrazine groups is 1. The molecular weight excluding hydrogens is 338 g/mol. The minimum absolute atomic E-state index is 0.0647. The van der Waals surface area contributed by atoms with Crippen molar-refractivity contribution in [3.05, 3.63) is 35.9 Å². The van der Waals surface area contributed by atoms with E-state index in [0.29, 0.717) is 28.7 Å². The normalized spacial score (nSPS) is 23.3. The number of thiocarbonyl (C=S) groups is 1. The second kappa shape index (κ2) is 9.89. The molecule has 1 aliphatic carbocycles. The molecule has 1 aromatic carbocycles. The van der Waals surface area contributed by atoms with Crippen LogP contribution in [0.25, 0.3) is 0 Å². The summed E-state index contributed by atoms with van der Waals surface area (Å²) in [6.07, 6.45) is 3.65. The largest absolute Gasteiger partial charge is 0.358 e. The number of rotatable bonds is 5. The maximum atomic E-state index is 11.9. The van der Waals surface area contributed by atoms with Gasteiger partial charge in [0.2, 0.25) is 5.91 Å². The fourth-order valence-corrected chi connectivity index (χ4v) is 3.98. The fraction of sp³-hybridized carbons (Fsp3) is 0.556. The lowest BCUT2D eigenvalue weighted by molar-refractivity contribution is -0.119. The Balaban J connectivity index is 1.61. The van der Waals surface area contributed by atoms with E-state index in [1.54, 1.807) is 11.8 Å².